The lowest BCUT2D eigenvalue weighted by Crippen LogP contribution is -2.34. The molecule has 2 heterocycles. The first-order valence-corrected chi connectivity index (χ1v) is 8.06. The number of aryl methyl sites for hydroxylation is 2. The van der Waals surface area contributed by atoms with Gasteiger partial charge in [-0.1, -0.05) is 20.8 Å². The number of furan rings is 1. The number of fused-ring (bicyclic) bond motifs is 1. The van der Waals surface area contributed by atoms with Crippen LogP contribution in [0.5, 0.6) is 0 Å². The van der Waals surface area contributed by atoms with Gasteiger partial charge in [0.15, 0.2) is 0 Å². The van der Waals surface area contributed by atoms with Crippen molar-refractivity contribution in [2.24, 2.45) is 5.41 Å². The van der Waals surface area contributed by atoms with Crippen LogP contribution in [-0.4, -0.2) is 39.7 Å². The van der Waals surface area contributed by atoms with Crippen LogP contribution in [0.3, 0.4) is 0 Å². The minimum atomic E-state index is 0.156. The number of anilines is 1. The third-order valence-electron chi connectivity index (χ3n) is 3.80. The van der Waals surface area contributed by atoms with Gasteiger partial charge in [-0.2, -0.15) is 4.98 Å². The Hall–Kier alpha value is -1.66. The van der Waals surface area contributed by atoms with E-state index in [1.165, 1.54) is 0 Å². The second-order valence-electron chi connectivity index (χ2n) is 7.34. The van der Waals surface area contributed by atoms with Gasteiger partial charge in [0.2, 0.25) is 5.71 Å². The van der Waals surface area contributed by atoms with Crippen LogP contribution >= 0.6 is 0 Å². The number of nitrogens with zero attached hydrogens (tertiary/aromatic N) is 3. The molecule has 0 atom stereocenters. The van der Waals surface area contributed by atoms with Gasteiger partial charge in [0.1, 0.15) is 17.4 Å². The van der Waals surface area contributed by atoms with E-state index in [0.717, 1.165) is 36.2 Å². The largest absolute Gasteiger partial charge is 0.443 e. The van der Waals surface area contributed by atoms with Gasteiger partial charge in [0.25, 0.3) is 0 Å². The summed E-state index contributed by atoms with van der Waals surface area (Å²) in [5, 5.41) is 9.91. The van der Waals surface area contributed by atoms with Crippen LogP contribution in [0.4, 0.5) is 5.82 Å². The summed E-state index contributed by atoms with van der Waals surface area (Å²) in [6, 6.07) is 0. The van der Waals surface area contributed by atoms with E-state index >= 15 is 0 Å². The number of nitrogens with two attached hydrogens (primary N) is 1. The average Bonchev–Trinajstić information content (AvgIpc) is 2.70. The van der Waals surface area contributed by atoms with E-state index in [0.29, 0.717) is 23.9 Å². The molecule has 2 rings (SSSR count). The van der Waals surface area contributed by atoms with Gasteiger partial charge in [0, 0.05) is 25.3 Å². The smallest absolute Gasteiger partial charge is 0.231 e. The predicted octanol–water partition coefficient (Wildman–Crippen LogP) is 2.65. The van der Waals surface area contributed by atoms with Crippen molar-refractivity contribution in [1.82, 2.24) is 14.9 Å². The van der Waals surface area contributed by atoms with Crippen LogP contribution in [-0.2, 0) is 6.54 Å². The molecule has 0 spiro atoms. The molecule has 0 aliphatic rings. The van der Waals surface area contributed by atoms with E-state index in [2.05, 4.69) is 35.6 Å². The van der Waals surface area contributed by atoms with E-state index in [-0.39, 0.29) is 12.0 Å². The lowest BCUT2D eigenvalue weighted by molar-refractivity contribution is 0.163. The van der Waals surface area contributed by atoms with Crippen LogP contribution in [0.2, 0.25) is 0 Å². The van der Waals surface area contributed by atoms with Crippen LogP contribution in [0.15, 0.2) is 4.42 Å². The third-order valence-corrected chi connectivity index (χ3v) is 3.80. The van der Waals surface area contributed by atoms with Gasteiger partial charge in [-0.05, 0) is 25.7 Å². The highest BCUT2D eigenvalue weighted by Gasteiger charge is 2.19. The molecule has 0 saturated heterocycles. The zero-order valence-electron chi connectivity index (χ0n) is 14.8. The number of hydrogen-bond acceptors (Lipinski definition) is 6. The molecule has 128 valence electrons. The maximum atomic E-state index is 9.11. The summed E-state index contributed by atoms with van der Waals surface area (Å²) >= 11 is 0. The summed E-state index contributed by atoms with van der Waals surface area (Å²) in [5.41, 5.74) is 7.81. The number of aliphatic hydroxyl groups excluding tert-OH is 1. The van der Waals surface area contributed by atoms with Gasteiger partial charge in [-0.15, -0.1) is 0 Å². The van der Waals surface area contributed by atoms with E-state index in [1.54, 1.807) is 0 Å². The van der Waals surface area contributed by atoms with Crippen LogP contribution in [0, 0.1) is 19.3 Å². The first kappa shape index (κ1) is 17.7. The summed E-state index contributed by atoms with van der Waals surface area (Å²) in [7, 11) is 0. The van der Waals surface area contributed by atoms with Gasteiger partial charge in [0.05, 0.1) is 11.9 Å². The molecule has 2 aromatic heterocycles. The van der Waals surface area contributed by atoms with E-state index in [9.17, 15) is 0 Å². The molecule has 0 aromatic carbocycles. The lowest BCUT2D eigenvalue weighted by Gasteiger charge is -2.29. The predicted molar refractivity (Wildman–Crippen MR) is 92.1 cm³/mol. The summed E-state index contributed by atoms with van der Waals surface area (Å²) in [6.45, 7) is 12.9. The first-order chi connectivity index (χ1) is 10.7. The van der Waals surface area contributed by atoms with Crippen LogP contribution < -0.4 is 5.73 Å². The Morgan fingerprint density at radius 3 is 2.52 bits per heavy atom. The SMILES string of the molecule is Cc1oc2nc(CN(CCCO)CC(C)(C)C)nc(N)c2c1C. The molecule has 0 amide bonds. The summed E-state index contributed by atoms with van der Waals surface area (Å²) < 4.78 is 5.69. The molecule has 23 heavy (non-hydrogen) atoms. The van der Waals surface area contributed by atoms with Crippen LogP contribution in [0.1, 0.15) is 44.3 Å². The molecule has 0 aliphatic heterocycles. The highest BCUT2D eigenvalue weighted by atomic mass is 16.3. The molecule has 0 unspecified atom stereocenters. The minimum Gasteiger partial charge on any atom is -0.443 e. The Morgan fingerprint density at radius 1 is 1.22 bits per heavy atom. The summed E-state index contributed by atoms with van der Waals surface area (Å²) in [5.74, 6) is 1.95. The Kier molecular flexibility index (Phi) is 5.26. The normalized spacial score (nSPS) is 12.5. The molecule has 0 aliphatic carbocycles. The molecule has 0 fully saturated rings. The van der Waals surface area contributed by atoms with Crippen molar-refractivity contribution in [1.29, 1.82) is 0 Å². The molecule has 0 saturated carbocycles. The molecule has 6 heteroatoms. The second-order valence-corrected chi connectivity index (χ2v) is 7.34. The molecule has 0 radical (unpaired) electrons. The molecule has 2 aromatic rings. The average molecular weight is 320 g/mol. The first-order valence-electron chi connectivity index (χ1n) is 8.06. The number of aliphatic hydroxyl groups is 1. The van der Waals surface area contributed by atoms with Gasteiger partial charge in [-0.25, -0.2) is 4.98 Å². The zero-order valence-corrected chi connectivity index (χ0v) is 14.8. The van der Waals surface area contributed by atoms with Crippen molar-refractivity contribution in [3.8, 4) is 0 Å². The van der Waals surface area contributed by atoms with Crippen molar-refractivity contribution in [2.75, 3.05) is 25.4 Å². The number of nitrogen functional groups attached to an aromatic ring is 1. The number of hydrogen-bond donors (Lipinski definition) is 2. The van der Waals surface area contributed by atoms with E-state index < -0.39 is 0 Å². The van der Waals surface area contributed by atoms with Crippen molar-refractivity contribution < 1.29 is 9.52 Å². The Bertz CT molecular complexity index is 673. The summed E-state index contributed by atoms with van der Waals surface area (Å²) in [4.78, 5) is 11.2. The molecular formula is C17H28N4O2. The van der Waals surface area contributed by atoms with Crippen LogP contribution in [0.25, 0.3) is 11.1 Å². The third kappa shape index (κ3) is 4.42. The molecule has 3 N–H and O–H groups in total. The van der Waals surface area contributed by atoms with Crippen molar-refractivity contribution >= 4 is 16.9 Å². The zero-order chi connectivity index (χ0) is 17.2. The minimum absolute atomic E-state index is 0.156. The number of rotatable bonds is 6. The Balaban J connectivity index is 2.26. The molecular weight excluding hydrogens is 292 g/mol. The molecule has 6 nitrogen and oxygen atoms in total. The second kappa shape index (κ2) is 6.84. The molecule has 0 bridgehead atoms. The number of aromatic nitrogens is 2. The maximum Gasteiger partial charge on any atom is 0.231 e. The lowest BCUT2D eigenvalue weighted by atomic mass is 9.96. The maximum absolute atomic E-state index is 9.11. The fourth-order valence-electron chi connectivity index (χ4n) is 2.78. The monoisotopic (exact) mass is 320 g/mol. The Labute approximate surface area is 137 Å². The van der Waals surface area contributed by atoms with Gasteiger partial charge >= 0.3 is 0 Å². The van der Waals surface area contributed by atoms with Crippen molar-refractivity contribution in [3.05, 3.63) is 17.1 Å². The van der Waals surface area contributed by atoms with Gasteiger partial charge < -0.3 is 15.3 Å². The van der Waals surface area contributed by atoms with E-state index in [1.807, 2.05) is 13.8 Å². The highest BCUT2D eigenvalue weighted by Crippen LogP contribution is 2.27. The quantitative estimate of drug-likeness (QED) is 0.850. The Morgan fingerprint density at radius 2 is 1.91 bits per heavy atom. The topological polar surface area (TPSA) is 88.4 Å². The van der Waals surface area contributed by atoms with Crippen molar-refractivity contribution in [3.63, 3.8) is 0 Å². The summed E-state index contributed by atoms with van der Waals surface area (Å²) in [6.07, 6.45) is 0.729. The van der Waals surface area contributed by atoms with Gasteiger partial charge in [-0.3, -0.25) is 4.90 Å². The highest BCUT2D eigenvalue weighted by molar-refractivity contribution is 5.88. The standard InChI is InChI=1S/C17H28N4O2/c1-11-12(2)23-16-14(11)15(18)19-13(20-16)9-21(7-6-8-22)10-17(3,4)5/h22H,6-10H2,1-5H3,(H2,18,19,20). The fraction of sp³-hybridized carbons (Fsp3) is 0.647. The fourth-order valence-corrected chi connectivity index (χ4v) is 2.78. The van der Waals surface area contributed by atoms with Crippen molar-refractivity contribution in [2.45, 2.75) is 47.6 Å². The van der Waals surface area contributed by atoms with E-state index in [4.69, 9.17) is 15.3 Å².